The van der Waals surface area contributed by atoms with Crippen molar-refractivity contribution in [2.24, 2.45) is 0 Å². The van der Waals surface area contributed by atoms with E-state index in [1.165, 1.54) is 4.90 Å². The summed E-state index contributed by atoms with van der Waals surface area (Å²) in [5, 5.41) is 1.64. The van der Waals surface area contributed by atoms with E-state index in [0.29, 0.717) is 37.3 Å². The van der Waals surface area contributed by atoms with Gasteiger partial charge in [-0.05, 0) is 36.9 Å². The van der Waals surface area contributed by atoms with Gasteiger partial charge in [-0.2, -0.15) is 0 Å². The number of nitrogens with zero attached hydrogens (tertiary/aromatic N) is 1. The molecule has 1 heterocycles. The summed E-state index contributed by atoms with van der Waals surface area (Å²) in [5.41, 5.74) is 1.18. The van der Waals surface area contributed by atoms with Crippen LogP contribution in [0.1, 0.15) is 34.1 Å². The van der Waals surface area contributed by atoms with E-state index in [1.54, 1.807) is 12.1 Å². The van der Waals surface area contributed by atoms with Crippen LogP contribution in [0.5, 0.6) is 0 Å². The van der Waals surface area contributed by atoms with Crippen molar-refractivity contribution in [3.05, 3.63) is 45.9 Å². The van der Waals surface area contributed by atoms with Crippen LogP contribution in [0.4, 0.5) is 0 Å². The molecule has 1 aliphatic rings. The third-order valence-corrected chi connectivity index (χ3v) is 4.50. The van der Waals surface area contributed by atoms with Gasteiger partial charge in [0.15, 0.2) is 0 Å². The van der Waals surface area contributed by atoms with Crippen molar-refractivity contribution in [3.63, 3.8) is 0 Å². The molecule has 0 saturated heterocycles. The summed E-state index contributed by atoms with van der Waals surface area (Å²) in [6, 6.07) is 9.17. The lowest BCUT2D eigenvalue weighted by Gasteiger charge is -2.27. The van der Waals surface area contributed by atoms with Crippen LogP contribution in [0, 0.1) is 0 Å². The zero-order valence-corrected chi connectivity index (χ0v) is 13.9. The summed E-state index contributed by atoms with van der Waals surface area (Å²) in [6.07, 6.45) is 0.646. The average molecular weight is 362 g/mol. The van der Waals surface area contributed by atoms with Crippen molar-refractivity contribution in [2.75, 3.05) is 19.8 Å². The van der Waals surface area contributed by atoms with E-state index in [2.05, 4.69) is 15.9 Å². The molecule has 5 heteroatoms. The van der Waals surface area contributed by atoms with Crippen molar-refractivity contribution >= 4 is 38.5 Å². The number of benzene rings is 2. The lowest BCUT2D eigenvalue weighted by Crippen LogP contribution is -2.41. The molecule has 0 aromatic heterocycles. The van der Waals surface area contributed by atoms with Crippen LogP contribution in [0.2, 0.25) is 0 Å². The Morgan fingerprint density at radius 3 is 2.55 bits per heavy atom. The lowest BCUT2D eigenvalue weighted by atomic mass is 9.94. The lowest BCUT2D eigenvalue weighted by molar-refractivity contribution is 0.0587. The van der Waals surface area contributed by atoms with Gasteiger partial charge in [0.1, 0.15) is 0 Å². The molecule has 0 N–H and O–H groups in total. The number of imide groups is 1. The van der Waals surface area contributed by atoms with Crippen LogP contribution in [-0.2, 0) is 4.74 Å². The third-order valence-electron chi connectivity index (χ3n) is 3.81. The number of rotatable bonds is 5. The zero-order chi connectivity index (χ0) is 15.7. The fourth-order valence-corrected chi connectivity index (χ4v) is 3.25. The fraction of sp³-hybridized carbons (Fsp3) is 0.294. The van der Waals surface area contributed by atoms with Crippen LogP contribution < -0.4 is 0 Å². The summed E-state index contributed by atoms with van der Waals surface area (Å²) in [7, 11) is 0. The highest BCUT2D eigenvalue weighted by atomic mass is 79.9. The predicted molar refractivity (Wildman–Crippen MR) is 88.1 cm³/mol. The topological polar surface area (TPSA) is 46.6 Å². The average Bonchev–Trinajstić information content (AvgIpc) is 2.53. The maximum absolute atomic E-state index is 12.6. The van der Waals surface area contributed by atoms with Gasteiger partial charge < -0.3 is 4.74 Å². The van der Waals surface area contributed by atoms with E-state index in [9.17, 15) is 9.59 Å². The molecule has 114 valence electrons. The van der Waals surface area contributed by atoms with Crippen LogP contribution in [0.25, 0.3) is 10.8 Å². The van der Waals surface area contributed by atoms with Crippen LogP contribution in [0.3, 0.4) is 0 Å². The second-order valence-electron chi connectivity index (χ2n) is 5.14. The molecule has 0 atom stereocenters. The van der Waals surface area contributed by atoms with Gasteiger partial charge in [-0.25, -0.2) is 0 Å². The van der Waals surface area contributed by atoms with Gasteiger partial charge in [-0.3, -0.25) is 14.5 Å². The van der Waals surface area contributed by atoms with Gasteiger partial charge >= 0.3 is 0 Å². The summed E-state index contributed by atoms with van der Waals surface area (Å²) in [6.45, 7) is 3.48. The monoisotopic (exact) mass is 361 g/mol. The molecule has 2 amide bonds. The first kappa shape index (κ1) is 15.2. The van der Waals surface area contributed by atoms with Gasteiger partial charge in [0.25, 0.3) is 11.8 Å². The Labute approximate surface area is 137 Å². The van der Waals surface area contributed by atoms with E-state index in [-0.39, 0.29) is 11.8 Å². The van der Waals surface area contributed by atoms with E-state index in [1.807, 2.05) is 25.1 Å². The first-order chi connectivity index (χ1) is 10.6. The fourth-order valence-electron chi connectivity index (χ4n) is 2.78. The molecule has 3 rings (SSSR count). The highest BCUT2D eigenvalue weighted by Gasteiger charge is 2.32. The Hall–Kier alpha value is -1.72. The molecule has 2 aromatic carbocycles. The number of carbonyl (C=O) groups is 2. The minimum absolute atomic E-state index is 0.224. The molecular formula is C17H16BrNO3. The number of carbonyl (C=O) groups excluding carboxylic acids is 2. The molecule has 0 saturated carbocycles. The molecule has 0 fully saturated rings. The van der Waals surface area contributed by atoms with Crippen LogP contribution >= 0.6 is 15.9 Å². The van der Waals surface area contributed by atoms with Gasteiger partial charge in [0.05, 0.1) is 0 Å². The van der Waals surface area contributed by atoms with Crippen molar-refractivity contribution in [2.45, 2.75) is 13.3 Å². The molecule has 0 spiro atoms. The van der Waals surface area contributed by atoms with E-state index < -0.39 is 0 Å². The number of halogens is 1. The van der Waals surface area contributed by atoms with Crippen molar-refractivity contribution < 1.29 is 14.3 Å². The highest BCUT2D eigenvalue weighted by Crippen LogP contribution is 2.34. The third kappa shape index (κ3) is 2.44. The van der Waals surface area contributed by atoms with Crippen molar-refractivity contribution in [1.82, 2.24) is 4.90 Å². The molecule has 0 unspecified atom stereocenters. The molecule has 4 nitrogen and oxygen atoms in total. The quantitative estimate of drug-likeness (QED) is 0.603. The molecule has 1 aliphatic heterocycles. The Morgan fingerprint density at radius 2 is 1.82 bits per heavy atom. The smallest absolute Gasteiger partial charge is 0.261 e. The van der Waals surface area contributed by atoms with Gasteiger partial charge in [0.2, 0.25) is 0 Å². The molecule has 0 radical (unpaired) electrons. The second kappa shape index (κ2) is 6.18. The maximum atomic E-state index is 12.6. The summed E-state index contributed by atoms with van der Waals surface area (Å²) < 4.78 is 6.17. The molecule has 0 bridgehead atoms. The first-order valence-corrected chi connectivity index (χ1v) is 8.09. The number of amides is 2. The van der Waals surface area contributed by atoms with E-state index in [4.69, 9.17) is 4.74 Å². The Bertz CT molecular complexity index is 735. The zero-order valence-electron chi connectivity index (χ0n) is 12.3. The van der Waals surface area contributed by atoms with Crippen LogP contribution in [0.15, 0.2) is 34.8 Å². The van der Waals surface area contributed by atoms with Crippen LogP contribution in [-0.4, -0.2) is 36.5 Å². The largest absolute Gasteiger partial charge is 0.382 e. The number of hydrogen-bond donors (Lipinski definition) is 0. The van der Waals surface area contributed by atoms with E-state index >= 15 is 0 Å². The predicted octanol–water partition coefficient (Wildman–Crippen LogP) is 3.62. The normalized spacial score (nSPS) is 14.0. The Balaban J connectivity index is 2.00. The highest BCUT2D eigenvalue weighted by molar-refractivity contribution is 9.10. The van der Waals surface area contributed by atoms with E-state index in [0.717, 1.165) is 15.2 Å². The molecular weight excluding hydrogens is 346 g/mol. The standard InChI is InChI=1S/C17H16BrNO3/c1-2-22-10-4-9-19-16(20)12-6-3-5-11-14(18)8-7-13(15(11)12)17(19)21/h3,5-8H,2,4,9-10H2,1H3. The first-order valence-electron chi connectivity index (χ1n) is 7.30. The van der Waals surface area contributed by atoms with Gasteiger partial charge in [0, 0.05) is 40.7 Å². The number of hydrogen-bond acceptors (Lipinski definition) is 3. The minimum atomic E-state index is -0.224. The molecule has 0 aliphatic carbocycles. The SMILES string of the molecule is CCOCCCN1C(=O)c2cccc3c(Br)ccc(c23)C1=O. The van der Waals surface area contributed by atoms with Crippen molar-refractivity contribution in [1.29, 1.82) is 0 Å². The maximum Gasteiger partial charge on any atom is 0.261 e. The molecule has 22 heavy (non-hydrogen) atoms. The van der Waals surface area contributed by atoms with Crippen molar-refractivity contribution in [3.8, 4) is 0 Å². The van der Waals surface area contributed by atoms with Gasteiger partial charge in [-0.15, -0.1) is 0 Å². The minimum Gasteiger partial charge on any atom is -0.382 e. The second-order valence-corrected chi connectivity index (χ2v) is 5.99. The van der Waals surface area contributed by atoms with Gasteiger partial charge in [-0.1, -0.05) is 28.1 Å². The summed E-state index contributed by atoms with van der Waals surface area (Å²) in [5.74, 6) is -0.449. The summed E-state index contributed by atoms with van der Waals surface area (Å²) >= 11 is 3.48. The Kier molecular flexibility index (Phi) is 4.27. The Morgan fingerprint density at radius 1 is 1.09 bits per heavy atom. The number of ether oxygens (including phenoxy) is 1. The summed E-state index contributed by atoms with van der Waals surface area (Å²) in [4.78, 5) is 26.6. The molecule has 2 aromatic rings.